The minimum absolute atomic E-state index is 0.122. The summed E-state index contributed by atoms with van der Waals surface area (Å²) in [5, 5.41) is 12.3. The van der Waals surface area contributed by atoms with Crippen molar-refractivity contribution >= 4 is 33.4 Å². The molecule has 9 nitrogen and oxygen atoms in total. The Hall–Kier alpha value is -4.96. The third-order valence-electron chi connectivity index (χ3n) is 6.15. The van der Waals surface area contributed by atoms with Gasteiger partial charge >= 0.3 is 0 Å². The molecule has 3 N–H and O–H groups in total. The Labute approximate surface area is 216 Å². The topological polar surface area (TPSA) is 115 Å². The third-order valence-corrected chi connectivity index (χ3v) is 6.15. The molecule has 5 aromatic heterocycles. The molecular weight excluding hydrogens is 483 g/mol. The zero-order chi connectivity index (χ0) is 26.2. The van der Waals surface area contributed by atoms with Crippen LogP contribution < -0.4 is 5.32 Å². The molecule has 0 spiro atoms. The number of nitrogens with one attached hydrogen (secondary N) is 3. The Morgan fingerprint density at radius 1 is 0.921 bits per heavy atom. The maximum Gasteiger partial charge on any atom is 0.238 e. The van der Waals surface area contributed by atoms with Gasteiger partial charge in [0.15, 0.2) is 0 Å². The van der Waals surface area contributed by atoms with Gasteiger partial charge in [0.05, 0.1) is 47.2 Å². The zero-order valence-electron chi connectivity index (χ0n) is 20.7. The van der Waals surface area contributed by atoms with E-state index in [1.165, 1.54) is 12.1 Å². The van der Waals surface area contributed by atoms with Crippen LogP contribution in [0.1, 0.15) is 0 Å². The number of rotatable bonds is 6. The number of benzene rings is 1. The van der Waals surface area contributed by atoms with E-state index in [2.05, 4.69) is 35.5 Å². The molecule has 0 aliphatic carbocycles. The molecule has 1 amide bonds. The molecule has 188 valence electrons. The minimum atomic E-state index is -0.292. The molecular formula is C28H23FN8O. The Morgan fingerprint density at radius 2 is 1.74 bits per heavy atom. The lowest BCUT2D eigenvalue weighted by atomic mass is 10.1. The molecule has 5 heterocycles. The van der Waals surface area contributed by atoms with Gasteiger partial charge < -0.3 is 15.2 Å². The van der Waals surface area contributed by atoms with Gasteiger partial charge in [-0.1, -0.05) is 0 Å². The van der Waals surface area contributed by atoms with Crippen molar-refractivity contribution in [1.29, 1.82) is 0 Å². The van der Waals surface area contributed by atoms with Crippen LogP contribution in [0.15, 0.2) is 73.3 Å². The number of pyridine rings is 3. The second kappa shape index (κ2) is 9.49. The van der Waals surface area contributed by atoms with Gasteiger partial charge in [0, 0.05) is 39.8 Å². The van der Waals surface area contributed by atoms with E-state index in [1.807, 2.05) is 38.4 Å². The summed E-state index contributed by atoms with van der Waals surface area (Å²) in [6.07, 6.45) is 6.77. The van der Waals surface area contributed by atoms with Gasteiger partial charge in [-0.05, 0) is 62.6 Å². The molecule has 0 atom stereocenters. The summed E-state index contributed by atoms with van der Waals surface area (Å²) in [5.74, 6) is -0.414. The largest absolute Gasteiger partial charge is 0.353 e. The maximum atomic E-state index is 13.5. The van der Waals surface area contributed by atoms with Crippen molar-refractivity contribution in [1.82, 2.24) is 35.0 Å². The molecule has 0 aliphatic heterocycles. The number of likely N-dealkylation sites (N-methyl/N-ethyl adjacent to an activating group) is 1. The van der Waals surface area contributed by atoms with E-state index in [1.54, 1.807) is 41.8 Å². The van der Waals surface area contributed by atoms with Gasteiger partial charge in [-0.3, -0.25) is 24.8 Å². The molecule has 6 rings (SSSR count). The van der Waals surface area contributed by atoms with Gasteiger partial charge in [0.2, 0.25) is 5.91 Å². The average molecular weight is 507 g/mol. The van der Waals surface area contributed by atoms with E-state index < -0.39 is 0 Å². The number of hydrogen-bond donors (Lipinski definition) is 3. The molecule has 1 aromatic carbocycles. The van der Waals surface area contributed by atoms with Crippen molar-refractivity contribution in [2.45, 2.75) is 0 Å². The standard InChI is InChI=1S/C28H23FN8O/c1-37(2)15-26(38)33-19-9-17(12-30-13-19)23-10-21-25(14-32-23)35-36-28(21)24-11-20-22(34-24)7-8-31-27(20)16-3-5-18(29)6-4-16/h3-14,34H,15H2,1-2H3,(H,33,38)(H,35,36). The quantitative estimate of drug-likeness (QED) is 0.297. The highest BCUT2D eigenvalue weighted by Crippen LogP contribution is 2.34. The fraction of sp³-hybridized carbons (Fsp3) is 0.107. The number of halogens is 1. The molecule has 0 fully saturated rings. The highest BCUT2D eigenvalue weighted by atomic mass is 19.1. The summed E-state index contributed by atoms with van der Waals surface area (Å²) in [6, 6.07) is 14.0. The van der Waals surface area contributed by atoms with Crippen molar-refractivity contribution < 1.29 is 9.18 Å². The van der Waals surface area contributed by atoms with Crippen molar-refractivity contribution in [2.24, 2.45) is 0 Å². The number of H-pyrrole nitrogens is 2. The van der Waals surface area contributed by atoms with Crippen LogP contribution >= 0.6 is 0 Å². The van der Waals surface area contributed by atoms with Crippen molar-refractivity contribution in [2.75, 3.05) is 26.0 Å². The van der Waals surface area contributed by atoms with Crippen LogP contribution in [-0.4, -0.2) is 61.6 Å². The number of aromatic amines is 2. The van der Waals surface area contributed by atoms with Crippen molar-refractivity contribution in [3.8, 4) is 33.9 Å². The van der Waals surface area contributed by atoms with Crippen LogP contribution in [0.3, 0.4) is 0 Å². The van der Waals surface area contributed by atoms with Crippen molar-refractivity contribution in [3.05, 3.63) is 79.1 Å². The maximum absolute atomic E-state index is 13.5. The van der Waals surface area contributed by atoms with Gasteiger partial charge in [0.1, 0.15) is 11.5 Å². The highest BCUT2D eigenvalue weighted by Gasteiger charge is 2.16. The Morgan fingerprint density at radius 3 is 2.55 bits per heavy atom. The Kier molecular flexibility index (Phi) is 5.85. The molecule has 38 heavy (non-hydrogen) atoms. The summed E-state index contributed by atoms with van der Waals surface area (Å²) in [7, 11) is 3.67. The number of hydrogen-bond acceptors (Lipinski definition) is 6. The number of nitrogens with zero attached hydrogens (tertiary/aromatic N) is 5. The summed E-state index contributed by atoms with van der Waals surface area (Å²) < 4.78 is 13.5. The van der Waals surface area contributed by atoms with Gasteiger partial charge in [0.25, 0.3) is 0 Å². The first kappa shape index (κ1) is 23.4. The molecule has 0 saturated heterocycles. The molecule has 0 aliphatic rings. The number of aromatic nitrogens is 6. The van der Waals surface area contributed by atoms with Crippen LogP contribution in [-0.2, 0) is 4.79 Å². The molecule has 0 saturated carbocycles. The predicted octanol–water partition coefficient (Wildman–Crippen LogP) is 4.87. The van der Waals surface area contributed by atoms with Crippen LogP contribution in [0.25, 0.3) is 55.7 Å². The lowest BCUT2D eigenvalue weighted by Gasteiger charge is -2.10. The lowest BCUT2D eigenvalue weighted by molar-refractivity contribution is -0.116. The molecule has 6 aromatic rings. The van der Waals surface area contributed by atoms with E-state index in [0.29, 0.717) is 11.4 Å². The smallest absolute Gasteiger partial charge is 0.238 e. The van der Waals surface area contributed by atoms with E-state index in [9.17, 15) is 9.18 Å². The van der Waals surface area contributed by atoms with Crippen LogP contribution in [0.2, 0.25) is 0 Å². The second-order valence-electron chi connectivity index (χ2n) is 9.25. The van der Waals surface area contributed by atoms with Gasteiger partial charge in [-0.25, -0.2) is 4.39 Å². The normalized spacial score (nSPS) is 11.5. The summed E-state index contributed by atoms with van der Waals surface area (Å²) in [6.45, 7) is 0.274. The minimum Gasteiger partial charge on any atom is -0.353 e. The second-order valence-corrected chi connectivity index (χ2v) is 9.25. The van der Waals surface area contributed by atoms with Crippen LogP contribution in [0, 0.1) is 5.82 Å². The molecule has 0 bridgehead atoms. The van der Waals surface area contributed by atoms with Crippen molar-refractivity contribution in [3.63, 3.8) is 0 Å². The SMILES string of the molecule is CN(C)CC(=O)Nc1cncc(-c2cc3c(-c4cc5c(-c6ccc(F)cc6)nccc5[nH]4)n[nH]c3cn2)c1. The highest BCUT2D eigenvalue weighted by molar-refractivity contribution is 6.00. The number of carbonyl (C=O) groups excluding carboxylic acids is 1. The van der Waals surface area contributed by atoms with E-state index in [0.717, 1.165) is 50.0 Å². The summed E-state index contributed by atoms with van der Waals surface area (Å²) in [4.78, 5) is 30.8. The first-order valence-corrected chi connectivity index (χ1v) is 11.9. The van der Waals surface area contributed by atoms with E-state index in [-0.39, 0.29) is 18.3 Å². The molecule has 0 unspecified atom stereocenters. The Balaban J connectivity index is 1.38. The van der Waals surface area contributed by atoms with E-state index in [4.69, 9.17) is 0 Å². The zero-order valence-corrected chi connectivity index (χ0v) is 20.7. The fourth-order valence-electron chi connectivity index (χ4n) is 4.44. The van der Waals surface area contributed by atoms with Gasteiger partial charge in [-0.2, -0.15) is 5.10 Å². The van der Waals surface area contributed by atoms with Crippen LogP contribution in [0.5, 0.6) is 0 Å². The van der Waals surface area contributed by atoms with E-state index >= 15 is 0 Å². The molecule has 0 radical (unpaired) electrons. The predicted molar refractivity (Wildman–Crippen MR) is 145 cm³/mol. The molecule has 10 heteroatoms. The first-order valence-electron chi connectivity index (χ1n) is 11.9. The first-order chi connectivity index (χ1) is 18.4. The lowest BCUT2D eigenvalue weighted by Crippen LogP contribution is -2.27. The fourth-order valence-corrected chi connectivity index (χ4v) is 4.44. The number of fused-ring (bicyclic) bond motifs is 2. The number of carbonyl (C=O) groups is 1. The van der Waals surface area contributed by atoms with Crippen LogP contribution in [0.4, 0.5) is 10.1 Å². The summed E-state index contributed by atoms with van der Waals surface area (Å²) >= 11 is 0. The average Bonchev–Trinajstić information content (AvgIpc) is 3.52. The van der Waals surface area contributed by atoms with Gasteiger partial charge in [-0.15, -0.1) is 0 Å². The number of amides is 1. The Bertz CT molecular complexity index is 1790. The third kappa shape index (κ3) is 4.48. The summed E-state index contributed by atoms with van der Waals surface area (Å²) in [5.41, 5.74) is 6.85. The monoisotopic (exact) mass is 506 g/mol. The number of anilines is 1.